The van der Waals surface area contributed by atoms with E-state index in [2.05, 4.69) is 51.7 Å². The van der Waals surface area contributed by atoms with E-state index in [1.807, 2.05) is 0 Å². The standard InChI is InChI=1S/C17H25N5O/c1-11-9-12(2)22(19-11)10-15-5-4-8-21(15)13(3)17-18-16(20-23-17)14-6-7-14/h9,13-15H,4-8,10H2,1-3H3/t13-,15-/m0/s1. The van der Waals surface area contributed by atoms with Gasteiger partial charge >= 0.3 is 0 Å². The van der Waals surface area contributed by atoms with E-state index >= 15 is 0 Å². The van der Waals surface area contributed by atoms with E-state index in [9.17, 15) is 0 Å². The van der Waals surface area contributed by atoms with Crippen LogP contribution >= 0.6 is 0 Å². The van der Waals surface area contributed by atoms with Gasteiger partial charge in [0.05, 0.1) is 18.3 Å². The summed E-state index contributed by atoms with van der Waals surface area (Å²) in [5.41, 5.74) is 2.32. The van der Waals surface area contributed by atoms with Crippen LogP contribution in [0.15, 0.2) is 10.6 Å². The first-order valence-electron chi connectivity index (χ1n) is 8.72. The molecule has 0 amide bonds. The Balaban J connectivity index is 1.48. The predicted octanol–water partition coefficient (Wildman–Crippen LogP) is 2.99. The number of rotatable bonds is 5. The van der Waals surface area contributed by atoms with Crippen molar-refractivity contribution in [1.82, 2.24) is 24.8 Å². The lowest BCUT2D eigenvalue weighted by atomic mass is 10.2. The smallest absolute Gasteiger partial charge is 0.243 e. The normalized spacial score (nSPS) is 23.5. The van der Waals surface area contributed by atoms with Crippen LogP contribution in [0.5, 0.6) is 0 Å². The number of aryl methyl sites for hydroxylation is 2. The Morgan fingerprint density at radius 2 is 2.13 bits per heavy atom. The first-order chi connectivity index (χ1) is 11.1. The van der Waals surface area contributed by atoms with Gasteiger partial charge in [-0.15, -0.1) is 0 Å². The number of hydrogen-bond acceptors (Lipinski definition) is 5. The second-order valence-electron chi connectivity index (χ2n) is 7.08. The van der Waals surface area contributed by atoms with Gasteiger partial charge in [-0.2, -0.15) is 10.1 Å². The molecule has 1 aliphatic heterocycles. The van der Waals surface area contributed by atoms with Crippen LogP contribution in [-0.4, -0.2) is 37.4 Å². The van der Waals surface area contributed by atoms with Crippen molar-refractivity contribution in [1.29, 1.82) is 0 Å². The fourth-order valence-corrected chi connectivity index (χ4v) is 3.69. The molecule has 2 atom stereocenters. The van der Waals surface area contributed by atoms with Crippen LogP contribution in [0, 0.1) is 13.8 Å². The first kappa shape index (κ1) is 14.9. The minimum absolute atomic E-state index is 0.180. The molecule has 3 heterocycles. The van der Waals surface area contributed by atoms with Gasteiger partial charge in [-0.25, -0.2) is 0 Å². The maximum absolute atomic E-state index is 5.54. The maximum atomic E-state index is 5.54. The Hall–Kier alpha value is -1.69. The van der Waals surface area contributed by atoms with E-state index in [0.29, 0.717) is 12.0 Å². The molecule has 1 saturated carbocycles. The Morgan fingerprint density at radius 1 is 1.30 bits per heavy atom. The first-order valence-corrected chi connectivity index (χ1v) is 8.72. The van der Waals surface area contributed by atoms with Crippen molar-refractivity contribution < 1.29 is 4.52 Å². The average molecular weight is 315 g/mol. The quantitative estimate of drug-likeness (QED) is 0.849. The molecule has 6 heteroatoms. The number of nitrogens with zero attached hydrogens (tertiary/aromatic N) is 5. The van der Waals surface area contributed by atoms with Crippen molar-refractivity contribution in [3.63, 3.8) is 0 Å². The highest BCUT2D eigenvalue weighted by atomic mass is 16.5. The molecule has 0 spiro atoms. The van der Waals surface area contributed by atoms with Crippen LogP contribution in [0.25, 0.3) is 0 Å². The Bertz CT molecular complexity index is 687. The van der Waals surface area contributed by atoms with Gasteiger partial charge in [-0.1, -0.05) is 5.16 Å². The van der Waals surface area contributed by atoms with E-state index in [-0.39, 0.29) is 6.04 Å². The number of aromatic nitrogens is 4. The summed E-state index contributed by atoms with van der Waals surface area (Å²) in [6.45, 7) is 8.39. The minimum atomic E-state index is 0.180. The van der Waals surface area contributed by atoms with E-state index < -0.39 is 0 Å². The van der Waals surface area contributed by atoms with E-state index in [4.69, 9.17) is 4.52 Å². The molecule has 0 aromatic carbocycles. The molecule has 2 fully saturated rings. The molecule has 124 valence electrons. The molecule has 2 aliphatic rings. The molecule has 2 aromatic heterocycles. The summed E-state index contributed by atoms with van der Waals surface area (Å²) in [5, 5.41) is 8.78. The third-order valence-corrected chi connectivity index (χ3v) is 5.16. The van der Waals surface area contributed by atoms with Crippen LogP contribution in [-0.2, 0) is 6.54 Å². The monoisotopic (exact) mass is 315 g/mol. The van der Waals surface area contributed by atoms with Crippen LogP contribution in [0.4, 0.5) is 0 Å². The maximum Gasteiger partial charge on any atom is 0.243 e. The second-order valence-corrected chi connectivity index (χ2v) is 7.08. The number of likely N-dealkylation sites (tertiary alicyclic amines) is 1. The third kappa shape index (κ3) is 2.92. The van der Waals surface area contributed by atoms with Crippen LogP contribution in [0.2, 0.25) is 0 Å². The van der Waals surface area contributed by atoms with Crippen LogP contribution in [0.1, 0.15) is 67.7 Å². The van der Waals surface area contributed by atoms with Crippen molar-refractivity contribution in [2.24, 2.45) is 0 Å². The molecule has 2 aromatic rings. The zero-order valence-corrected chi connectivity index (χ0v) is 14.2. The van der Waals surface area contributed by atoms with Crippen molar-refractivity contribution in [2.75, 3.05) is 6.54 Å². The summed E-state index contributed by atoms with van der Waals surface area (Å²) in [5.74, 6) is 2.22. The molecule has 1 saturated heterocycles. The van der Waals surface area contributed by atoms with Gasteiger partial charge in [0.15, 0.2) is 5.82 Å². The molecule has 4 rings (SSSR count). The summed E-state index contributed by atoms with van der Waals surface area (Å²) in [6.07, 6.45) is 4.83. The van der Waals surface area contributed by atoms with Crippen LogP contribution in [0.3, 0.4) is 0 Å². The summed E-state index contributed by atoms with van der Waals surface area (Å²) >= 11 is 0. The molecule has 0 bridgehead atoms. The SMILES string of the molecule is Cc1cc(C)n(C[C@@H]2CCCN2[C@@H](C)c2nc(C3CC3)no2)n1. The summed E-state index contributed by atoms with van der Waals surface area (Å²) in [7, 11) is 0. The van der Waals surface area contributed by atoms with Gasteiger partial charge < -0.3 is 4.52 Å². The van der Waals surface area contributed by atoms with Crippen molar-refractivity contribution in [2.45, 2.75) is 71.0 Å². The van der Waals surface area contributed by atoms with Gasteiger partial charge in [0, 0.05) is 17.7 Å². The summed E-state index contributed by atoms with van der Waals surface area (Å²) in [6, 6.07) is 2.81. The molecule has 6 nitrogen and oxygen atoms in total. The highest BCUT2D eigenvalue weighted by Gasteiger charge is 2.34. The second kappa shape index (κ2) is 5.74. The lowest BCUT2D eigenvalue weighted by Crippen LogP contribution is -2.35. The average Bonchev–Trinajstić information content (AvgIpc) is 2.95. The van der Waals surface area contributed by atoms with Crippen molar-refractivity contribution in [3.05, 3.63) is 29.2 Å². The van der Waals surface area contributed by atoms with E-state index in [1.54, 1.807) is 0 Å². The zero-order valence-electron chi connectivity index (χ0n) is 14.2. The van der Waals surface area contributed by atoms with E-state index in [1.165, 1.54) is 31.4 Å². The van der Waals surface area contributed by atoms with Crippen molar-refractivity contribution in [3.8, 4) is 0 Å². The Morgan fingerprint density at radius 3 is 2.83 bits per heavy atom. The third-order valence-electron chi connectivity index (χ3n) is 5.16. The Kier molecular flexibility index (Phi) is 3.71. The molecular weight excluding hydrogens is 290 g/mol. The highest BCUT2D eigenvalue weighted by Crippen LogP contribution is 2.39. The van der Waals surface area contributed by atoms with Crippen LogP contribution < -0.4 is 0 Å². The minimum Gasteiger partial charge on any atom is -0.338 e. The van der Waals surface area contributed by atoms with E-state index in [0.717, 1.165) is 30.5 Å². The summed E-state index contributed by atoms with van der Waals surface area (Å²) in [4.78, 5) is 7.14. The van der Waals surface area contributed by atoms with Gasteiger partial charge in [0.25, 0.3) is 0 Å². The zero-order chi connectivity index (χ0) is 16.0. The molecule has 0 unspecified atom stereocenters. The summed E-state index contributed by atoms with van der Waals surface area (Å²) < 4.78 is 7.67. The largest absolute Gasteiger partial charge is 0.338 e. The van der Waals surface area contributed by atoms with Gasteiger partial charge in [0.2, 0.25) is 5.89 Å². The fourth-order valence-electron chi connectivity index (χ4n) is 3.69. The molecule has 1 aliphatic carbocycles. The number of hydrogen-bond donors (Lipinski definition) is 0. The van der Waals surface area contributed by atoms with Gasteiger partial charge in [-0.05, 0) is 59.1 Å². The molecule has 0 N–H and O–H groups in total. The molecule has 0 radical (unpaired) electrons. The topological polar surface area (TPSA) is 60.0 Å². The lowest BCUT2D eigenvalue weighted by molar-refractivity contribution is 0.144. The van der Waals surface area contributed by atoms with Gasteiger partial charge in [0.1, 0.15) is 0 Å². The predicted molar refractivity (Wildman–Crippen MR) is 86.1 cm³/mol. The highest BCUT2D eigenvalue weighted by molar-refractivity contribution is 5.08. The van der Waals surface area contributed by atoms with Gasteiger partial charge in [-0.3, -0.25) is 9.58 Å². The lowest BCUT2D eigenvalue weighted by Gasteiger charge is -2.28. The fraction of sp³-hybridized carbons (Fsp3) is 0.706. The molecular formula is C17H25N5O. The Labute approximate surface area is 136 Å². The molecule has 23 heavy (non-hydrogen) atoms. The van der Waals surface area contributed by atoms with Crippen molar-refractivity contribution >= 4 is 0 Å².